The fourth-order valence-corrected chi connectivity index (χ4v) is 2.16. The summed E-state index contributed by atoms with van der Waals surface area (Å²) >= 11 is 0. The number of hydrogen-bond donors (Lipinski definition) is 1. The fourth-order valence-electron chi connectivity index (χ4n) is 2.16. The van der Waals surface area contributed by atoms with Gasteiger partial charge in [-0.2, -0.15) is 0 Å². The fraction of sp³-hybridized carbons (Fsp3) is 0.583. The topological polar surface area (TPSA) is 51.4 Å². The number of ether oxygens (including phenoxy) is 1. The van der Waals surface area contributed by atoms with Gasteiger partial charge in [0.1, 0.15) is 5.82 Å². The van der Waals surface area contributed by atoms with E-state index in [-0.39, 0.29) is 6.10 Å². The Morgan fingerprint density at radius 2 is 2.38 bits per heavy atom. The van der Waals surface area contributed by atoms with Gasteiger partial charge in [0.15, 0.2) is 0 Å². The molecule has 4 heteroatoms. The first-order valence-corrected chi connectivity index (χ1v) is 5.70. The van der Waals surface area contributed by atoms with Gasteiger partial charge in [-0.15, -0.1) is 0 Å². The van der Waals surface area contributed by atoms with Crippen LogP contribution in [0.15, 0.2) is 18.3 Å². The largest absolute Gasteiger partial charge is 0.399 e. The predicted molar refractivity (Wildman–Crippen MR) is 65.4 cm³/mol. The highest BCUT2D eigenvalue weighted by Gasteiger charge is 2.26. The summed E-state index contributed by atoms with van der Waals surface area (Å²) in [5.41, 5.74) is 6.52. The molecule has 0 bridgehead atoms. The Morgan fingerprint density at radius 1 is 1.56 bits per heavy atom. The number of anilines is 2. The zero-order valence-electron chi connectivity index (χ0n) is 9.89. The van der Waals surface area contributed by atoms with Gasteiger partial charge in [0.25, 0.3) is 0 Å². The van der Waals surface area contributed by atoms with Crippen molar-refractivity contribution in [2.75, 3.05) is 30.8 Å². The van der Waals surface area contributed by atoms with Gasteiger partial charge < -0.3 is 15.4 Å². The molecule has 1 aromatic heterocycles. The van der Waals surface area contributed by atoms with Gasteiger partial charge >= 0.3 is 0 Å². The Bertz CT molecular complexity index is 356. The molecule has 1 aliphatic rings. The number of methoxy groups -OCH3 is 1. The van der Waals surface area contributed by atoms with E-state index < -0.39 is 0 Å². The van der Waals surface area contributed by atoms with E-state index in [9.17, 15) is 0 Å². The highest BCUT2D eigenvalue weighted by Crippen LogP contribution is 2.24. The van der Waals surface area contributed by atoms with E-state index in [0.717, 1.165) is 31.0 Å². The highest BCUT2D eigenvalue weighted by molar-refractivity contribution is 5.50. The smallest absolute Gasteiger partial charge is 0.130 e. The third kappa shape index (κ3) is 2.27. The molecule has 1 aromatic rings. The summed E-state index contributed by atoms with van der Waals surface area (Å²) in [7, 11) is 1.78. The lowest BCUT2D eigenvalue weighted by Crippen LogP contribution is -2.44. The number of rotatable bonds is 2. The minimum atomic E-state index is 0.289. The van der Waals surface area contributed by atoms with E-state index in [1.165, 1.54) is 0 Å². The lowest BCUT2D eigenvalue weighted by atomic mass is 9.96. The minimum absolute atomic E-state index is 0.289. The maximum absolute atomic E-state index is 5.76. The molecule has 0 spiro atoms. The predicted octanol–water partition coefficient (Wildman–Crippen LogP) is 1.52. The van der Waals surface area contributed by atoms with Crippen LogP contribution in [0.4, 0.5) is 11.5 Å². The summed E-state index contributed by atoms with van der Waals surface area (Å²) in [5, 5.41) is 0. The van der Waals surface area contributed by atoms with Crippen molar-refractivity contribution in [3.05, 3.63) is 18.3 Å². The van der Waals surface area contributed by atoms with Crippen LogP contribution in [-0.2, 0) is 4.74 Å². The molecule has 1 saturated heterocycles. The van der Waals surface area contributed by atoms with Crippen LogP contribution in [0, 0.1) is 5.92 Å². The van der Waals surface area contributed by atoms with E-state index in [1.54, 1.807) is 13.3 Å². The summed E-state index contributed by atoms with van der Waals surface area (Å²) in [5.74, 6) is 1.57. The van der Waals surface area contributed by atoms with Crippen molar-refractivity contribution in [3.63, 3.8) is 0 Å². The average molecular weight is 221 g/mol. The van der Waals surface area contributed by atoms with E-state index in [4.69, 9.17) is 10.5 Å². The van der Waals surface area contributed by atoms with Gasteiger partial charge in [0, 0.05) is 38.1 Å². The molecule has 2 rings (SSSR count). The van der Waals surface area contributed by atoms with Crippen LogP contribution in [0.2, 0.25) is 0 Å². The second-order valence-corrected chi connectivity index (χ2v) is 4.43. The van der Waals surface area contributed by atoms with Gasteiger partial charge in [0.2, 0.25) is 0 Å². The maximum atomic E-state index is 5.76. The van der Waals surface area contributed by atoms with Crippen LogP contribution >= 0.6 is 0 Å². The Hall–Kier alpha value is -1.29. The number of pyridine rings is 1. The summed E-state index contributed by atoms with van der Waals surface area (Å²) in [6.07, 6.45) is 3.18. The second kappa shape index (κ2) is 4.70. The van der Waals surface area contributed by atoms with Crippen LogP contribution < -0.4 is 10.6 Å². The van der Waals surface area contributed by atoms with E-state index in [2.05, 4.69) is 16.8 Å². The maximum Gasteiger partial charge on any atom is 0.130 e. The van der Waals surface area contributed by atoms with Crippen molar-refractivity contribution < 1.29 is 4.74 Å². The molecule has 1 fully saturated rings. The van der Waals surface area contributed by atoms with Gasteiger partial charge in [-0.25, -0.2) is 4.98 Å². The molecule has 0 saturated carbocycles. The van der Waals surface area contributed by atoms with Crippen molar-refractivity contribution in [2.24, 2.45) is 5.92 Å². The van der Waals surface area contributed by atoms with Crippen LogP contribution in [0.5, 0.6) is 0 Å². The molecule has 0 amide bonds. The molecule has 0 aromatic carbocycles. The average Bonchev–Trinajstić information content (AvgIpc) is 2.29. The SMILES string of the molecule is COC1CN(c2cc(N)ccn2)CCC1C. The third-order valence-corrected chi connectivity index (χ3v) is 3.29. The molecule has 2 heterocycles. The quantitative estimate of drug-likeness (QED) is 0.822. The van der Waals surface area contributed by atoms with Crippen LogP contribution in [-0.4, -0.2) is 31.3 Å². The Morgan fingerprint density at radius 3 is 3.06 bits per heavy atom. The number of piperidine rings is 1. The number of hydrogen-bond acceptors (Lipinski definition) is 4. The van der Waals surface area contributed by atoms with Crippen LogP contribution in [0.1, 0.15) is 13.3 Å². The monoisotopic (exact) mass is 221 g/mol. The number of nitrogen functional groups attached to an aromatic ring is 1. The summed E-state index contributed by atoms with van der Waals surface area (Å²) < 4.78 is 5.48. The third-order valence-electron chi connectivity index (χ3n) is 3.29. The Balaban J connectivity index is 2.11. The van der Waals surface area contributed by atoms with Crippen LogP contribution in [0.25, 0.3) is 0 Å². The minimum Gasteiger partial charge on any atom is -0.399 e. The molecule has 2 atom stereocenters. The zero-order chi connectivity index (χ0) is 11.5. The lowest BCUT2D eigenvalue weighted by molar-refractivity contribution is 0.0496. The zero-order valence-corrected chi connectivity index (χ0v) is 9.89. The number of nitrogens with two attached hydrogens (primary N) is 1. The van der Waals surface area contributed by atoms with E-state index >= 15 is 0 Å². The molecule has 2 unspecified atom stereocenters. The lowest BCUT2D eigenvalue weighted by Gasteiger charge is -2.36. The summed E-state index contributed by atoms with van der Waals surface area (Å²) in [6.45, 7) is 4.16. The van der Waals surface area contributed by atoms with Crippen molar-refractivity contribution >= 4 is 11.5 Å². The van der Waals surface area contributed by atoms with Gasteiger partial charge in [-0.05, 0) is 18.4 Å². The Kier molecular flexibility index (Phi) is 3.29. The first kappa shape index (κ1) is 11.2. The molecule has 1 aliphatic heterocycles. The molecule has 2 N–H and O–H groups in total. The van der Waals surface area contributed by atoms with Gasteiger partial charge in [-0.1, -0.05) is 6.92 Å². The first-order valence-electron chi connectivity index (χ1n) is 5.70. The van der Waals surface area contributed by atoms with Crippen LogP contribution in [0.3, 0.4) is 0 Å². The number of nitrogens with zero attached hydrogens (tertiary/aromatic N) is 2. The molecule has 4 nitrogen and oxygen atoms in total. The van der Waals surface area contributed by atoms with E-state index in [0.29, 0.717) is 5.92 Å². The standard InChI is InChI=1S/C12H19N3O/c1-9-4-6-15(8-11(9)16-2)12-7-10(13)3-5-14-12/h3,5,7,9,11H,4,6,8H2,1-2H3,(H2,13,14). The van der Waals surface area contributed by atoms with Gasteiger partial charge in [-0.3, -0.25) is 0 Å². The molecule has 88 valence electrons. The number of aromatic nitrogens is 1. The van der Waals surface area contributed by atoms with E-state index in [1.807, 2.05) is 12.1 Å². The highest BCUT2D eigenvalue weighted by atomic mass is 16.5. The Labute approximate surface area is 96.4 Å². The molecular formula is C12H19N3O. The van der Waals surface area contributed by atoms with Crippen molar-refractivity contribution in [2.45, 2.75) is 19.4 Å². The van der Waals surface area contributed by atoms with Crippen molar-refractivity contribution in [3.8, 4) is 0 Å². The first-order chi connectivity index (χ1) is 7.70. The van der Waals surface area contributed by atoms with Crippen molar-refractivity contribution in [1.29, 1.82) is 0 Å². The molecule has 0 aliphatic carbocycles. The molecule has 0 radical (unpaired) electrons. The van der Waals surface area contributed by atoms with Gasteiger partial charge in [0.05, 0.1) is 6.10 Å². The summed E-state index contributed by atoms with van der Waals surface area (Å²) in [6, 6.07) is 3.73. The molecular weight excluding hydrogens is 202 g/mol. The second-order valence-electron chi connectivity index (χ2n) is 4.43. The summed E-state index contributed by atoms with van der Waals surface area (Å²) in [4.78, 5) is 6.59. The van der Waals surface area contributed by atoms with Crippen molar-refractivity contribution in [1.82, 2.24) is 4.98 Å². The molecule has 16 heavy (non-hydrogen) atoms. The normalized spacial score (nSPS) is 25.8.